The van der Waals surface area contributed by atoms with Gasteiger partial charge in [0.25, 0.3) is 0 Å². The molecule has 0 aromatic heterocycles. The molecule has 0 fully saturated rings. The van der Waals surface area contributed by atoms with E-state index in [9.17, 15) is 4.79 Å². The molecule has 0 rings (SSSR count). The fraction of sp³-hybridized carbons (Fsp3) is 0.909. The zero-order valence-electron chi connectivity index (χ0n) is 10.8. The number of rotatable bonds is 8. The van der Waals surface area contributed by atoms with E-state index in [2.05, 4.69) is 10.2 Å². The summed E-state index contributed by atoms with van der Waals surface area (Å²) in [6.07, 6.45) is 0.439. The summed E-state index contributed by atoms with van der Waals surface area (Å²) in [6, 6.07) is 0.254. The Morgan fingerprint density at radius 3 is 2.56 bits per heavy atom. The maximum absolute atomic E-state index is 11.6. The van der Waals surface area contributed by atoms with Crippen LogP contribution >= 0.6 is 0 Å². The topological polar surface area (TPSA) is 67.6 Å². The fourth-order valence-electron chi connectivity index (χ4n) is 1.43. The highest BCUT2D eigenvalue weighted by Gasteiger charge is 2.17. The van der Waals surface area contributed by atoms with Crippen LogP contribution in [0.3, 0.4) is 0 Å². The number of carbonyl (C=O) groups excluding carboxylic acids is 1. The van der Waals surface area contributed by atoms with Gasteiger partial charge < -0.3 is 15.8 Å². The van der Waals surface area contributed by atoms with Crippen molar-refractivity contribution in [3.8, 4) is 0 Å². The summed E-state index contributed by atoms with van der Waals surface area (Å²) in [5.41, 5.74) is 5.66. The maximum atomic E-state index is 11.6. The lowest BCUT2D eigenvalue weighted by Gasteiger charge is -2.26. The van der Waals surface area contributed by atoms with Crippen molar-refractivity contribution < 1.29 is 9.53 Å². The van der Waals surface area contributed by atoms with Gasteiger partial charge in [0.05, 0.1) is 6.61 Å². The van der Waals surface area contributed by atoms with Crippen LogP contribution in [0.25, 0.3) is 0 Å². The summed E-state index contributed by atoms with van der Waals surface area (Å²) >= 11 is 0. The summed E-state index contributed by atoms with van der Waals surface area (Å²) in [6.45, 7) is 5.81. The minimum atomic E-state index is 0.0507. The molecule has 5 nitrogen and oxygen atoms in total. The molecule has 5 heteroatoms. The lowest BCUT2D eigenvalue weighted by atomic mass is 10.1. The average molecular weight is 231 g/mol. The fourth-order valence-corrected chi connectivity index (χ4v) is 1.43. The smallest absolute Gasteiger partial charge is 0.221 e. The first-order valence-electron chi connectivity index (χ1n) is 5.69. The molecular weight excluding hydrogens is 206 g/mol. The van der Waals surface area contributed by atoms with Gasteiger partial charge in [-0.2, -0.15) is 0 Å². The van der Waals surface area contributed by atoms with Gasteiger partial charge in [-0.15, -0.1) is 0 Å². The number of nitrogens with zero attached hydrogens (tertiary/aromatic N) is 1. The first-order valence-corrected chi connectivity index (χ1v) is 5.69. The molecule has 1 unspecified atom stereocenters. The molecule has 0 aromatic carbocycles. The van der Waals surface area contributed by atoms with Crippen LogP contribution in [-0.2, 0) is 9.53 Å². The van der Waals surface area contributed by atoms with E-state index < -0.39 is 0 Å². The summed E-state index contributed by atoms with van der Waals surface area (Å²) < 4.78 is 4.99. The number of nitrogens with one attached hydrogen (secondary N) is 1. The molecule has 1 amide bonds. The molecule has 96 valence electrons. The molecule has 0 bridgehead atoms. The van der Waals surface area contributed by atoms with Gasteiger partial charge in [-0.05, 0) is 20.9 Å². The van der Waals surface area contributed by atoms with Crippen molar-refractivity contribution in [3.05, 3.63) is 0 Å². The van der Waals surface area contributed by atoms with Gasteiger partial charge in [0.15, 0.2) is 0 Å². The van der Waals surface area contributed by atoms with Gasteiger partial charge in [0, 0.05) is 38.7 Å². The molecule has 0 radical (unpaired) electrons. The highest BCUT2D eigenvalue weighted by Crippen LogP contribution is 2.00. The summed E-state index contributed by atoms with van der Waals surface area (Å²) in [5, 5.41) is 2.87. The monoisotopic (exact) mass is 231 g/mol. The van der Waals surface area contributed by atoms with Crippen molar-refractivity contribution in [3.63, 3.8) is 0 Å². The van der Waals surface area contributed by atoms with E-state index in [1.807, 2.05) is 20.9 Å². The molecule has 3 N–H and O–H groups in total. The molecule has 0 aromatic rings. The highest BCUT2D eigenvalue weighted by atomic mass is 16.5. The summed E-state index contributed by atoms with van der Waals surface area (Å²) in [7, 11) is 3.62. The van der Waals surface area contributed by atoms with Crippen LogP contribution in [0.2, 0.25) is 0 Å². The van der Waals surface area contributed by atoms with E-state index in [1.165, 1.54) is 0 Å². The van der Waals surface area contributed by atoms with Gasteiger partial charge in [-0.3, -0.25) is 9.69 Å². The summed E-state index contributed by atoms with van der Waals surface area (Å²) in [5.74, 6) is 0.0507. The molecule has 16 heavy (non-hydrogen) atoms. The van der Waals surface area contributed by atoms with E-state index in [4.69, 9.17) is 10.5 Å². The van der Waals surface area contributed by atoms with Crippen molar-refractivity contribution in [1.82, 2.24) is 10.2 Å². The standard InChI is InChI=1S/C11H25N3O2/c1-9(2)13-11(15)7-10(8-12)14(3)5-6-16-4/h9-10H,5-8,12H2,1-4H3,(H,13,15). The molecule has 0 aliphatic heterocycles. The predicted octanol–water partition coefficient (Wildman–Crippen LogP) is -0.193. The number of hydrogen-bond acceptors (Lipinski definition) is 4. The van der Waals surface area contributed by atoms with Crippen LogP contribution in [-0.4, -0.2) is 56.7 Å². The average Bonchev–Trinajstić information content (AvgIpc) is 2.21. The molecule has 0 saturated heterocycles. The van der Waals surface area contributed by atoms with Crippen LogP contribution in [0.4, 0.5) is 0 Å². The third-order valence-electron chi connectivity index (χ3n) is 2.41. The van der Waals surface area contributed by atoms with E-state index in [0.29, 0.717) is 19.6 Å². The Hall–Kier alpha value is -0.650. The molecule has 1 atom stereocenters. The van der Waals surface area contributed by atoms with Crippen LogP contribution in [0.5, 0.6) is 0 Å². The lowest BCUT2D eigenvalue weighted by molar-refractivity contribution is -0.122. The van der Waals surface area contributed by atoms with Crippen LogP contribution in [0, 0.1) is 0 Å². The molecule has 0 aliphatic rings. The number of amides is 1. The third kappa shape index (κ3) is 6.76. The van der Waals surface area contributed by atoms with Crippen LogP contribution < -0.4 is 11.1 Å². The number of carbonyl (C=O) groups is 1. The predicted molar refractivity (Wildman–Crippen MR) is 65.2 cm³/mol. The Labute approximate surface area is 98.3 Å². The van der Waals surface area contributed by atoms with E-state index in [0.717, 1.165) is 6.54 Å². The van der Waals surface area contributed by atoms with Crippen molar-refractivity contribution >= 4 is 5.91 Å². The van der Waals surface area contributed by atoms with E-state index >= 15 is 0 Å². The minimum Gasteiger partial charge on any atom is -0.383 e. The molecule has 0 aliphatic carbocycles. The Kier molecular flexibility index (Phi) is 8.15. The van der Waals surface area contributed by atoms with Crippen molar-refractivity contribution in [2.24, 2.45) is 5.73 Å². The van der Waals surface area contributed by atoms with Crippen molar-refractivity contribution in [2.75, 3.05) is 33.9 Å². The quantitative estimate of drug-likeness (QED) is 0.607. The van der Waals surface area contributed by atoms with E-state index in [-0.39, 0.29) is 18.0 Å². The van der Waals surface area contributed by atoms with Gasteiger partial charge in [-0.25, -0.2) is 0 Å². The SMILES string of the molecule is COCCN(C)C(CN)CC(=O)NC(C)C. The van der Waals surface area contributed by atoms with Crippen molar-refractivity contribution in [1.29, 1.82) is 0 Å². The Balaban J connectivity index is 4.02. The first kappa shape index (κ1) is 15.3. The maximum Gasteiger partial charge on any atom is 0.221 e. The number of nitrogens with two attached hydrogens (primary N) is 1. The number of hydrogen-bond donors (Lipinski definition) is 2. The van der Waals surface area contributed by atoms with Crippen molar-refractivity contribution in [2.45, 2.75) is 32.4 Å². The minimum absolute atomic E-state index is 0.0507. The van der Waals surface area contributed by atoms with Gasteiger partial charge >= 0.3 is 0 Å². The molecular formula is C11H25N3O2. The molecule has 0 spiro atoms. The van der Waals surface area contributed by atoms with Gasteiger partial charge in [-0.1, -0.05) is 0 Å². The zero-order chi connectivity index (χ0) is 12.6. The third-order valence-corrected chi connectivity index (χ3v) is 2.41. The Morgan fingerprint density at radius 2 is 2.12 bits per heavy atom. The van der Waals surface area contributed by atoms with E-state index in [1.54, 1.807) is 7.11 Å². The number of likely N-dealkylation sites (N-methyl/N-ethyl adjacent to an activating group) is 1. The second kappa shape index (κ2) is 8.50. The van der Waals surface area contributed by atoms with Gasteiger partial charge in [0.2, 0.25) is 5.91 Å². The Bertz CT molecular complexity index is 198. The summed E-state index contributed by atoms with van der Waals surface area (Å²) in [4.78, 5) is 13.6. The number of methoxy groups -OCH3 is 1. The second-order valence-corrected chi connectivity index (χ2v) is 4.29. The largest absolute Gasteiger partial charge is 0.383 e. The lowest BCUT2D eigenvalue weighted by Crippen LogP contribution is -2.44. The van der Waals surface area contributed by atoms with Crippen LogP contribution in [0.1, 0.15) is 20.3 Å². The van der Waals surface area contributed by atoms with Gasteiger partial charge in [0.1, 0.15) is 0 Å². The molecule has 0 heterocycles. The molecule has 0 saturated carbocycles. The number of ether oxygens (including phenoxy) is 1. The highest BCUT2D eigenvalue weighted by molar-refractivity contribution is 5.76. The normalized spacial score (nSPS) is 13.2. The van der Waals surface area contributed by atoms with Crippen LogP contribution in [0.15, 0.2) is 0 Å². The second-order valence-electron chi connectivity index (χ2n) is 4.29. The Morgan fingerprint density at radius 1 is 1.50 bits per heavy atom. The zero-order valence-corrected chi connectivity index (χ0v) is 10.8. The first-order chi connectivity index (χ1) is 7.51.